The normalized spacial score (nSPS) is 13.3. The number of benzene rings is 1. The van der Waals surface area contributed by atoms with Crippen LogP contribution in [-0.2, 0) is 6.54 Å². The Labute approximate surface area is 130 Å². The van der Waals surface area contributed by atoms with Gasteiger partial charge in [-0.15, -0.1) is 24.0 Å². The molecular weight excluding hydrogens is 355 g/mol. The van der Waals surface area contributed by atoms with Crippen molar-refractivity contribution < 1.29 is 4.74 Å². The number of nitrogens with zero attached hydrogens (tertiary/aromatic N) is 2. The number of aliphatic imine (C=N–C) groups is 1. The highest BCUT2D eigenvalue weighted by Gasteiger charge is 2.03. The second kappa shape index (κ2) is 8.58. The maximum atomic E-state index is 8.46. The lowest BCUT2D eigenvalue weighted by atomic mass is 10.2. The Kier molecular flexibility index (Phi) is 7.03. The average molecular weight is 372 g/mol. The summed E-state index contributed by atoms with van der Waals surface area (Å²) in [5.41, 5.74) is 1.10. The first-order chi connectivity index (χ1) is 8.88. The Morgan fingerprint density at radius 2 is 2.37 bits per heavy atom. The van der Waals surface area contributed by atoms with Gasteiger partial charge in [-0.25, -0.2) is 0 Å². The van der Waals surface area contributed by atoms with Crippen LogP contribution in [0.25, 0.3) is 0 Å². The first-order valence-corrected chi connectivity index (χ1v) is 5.99. The van der Waals surface area contributed by atoms with Crippen LogP contribution in [0.2, 0.25) is 0 Å². The average Bonchev–Trinajstić information content (AvgIpc) is 2.44. The summed E-state index contributed by atoms with van der Waals surface area (Å²) in [4.78, 5) is 4.34. The Morgan fingerprint density at radius 1 is 1.47 bits per heavy atom. The van der Waals surface area contributed by atoms with E-state index in [1.807, 2.05) is 30.3 Å². The molecule has 0 saturated heterocycles. The van der Waals surface area contributed by atoms with Crippen molar-refractivity contribution in [2.45, 2.75) is 13.0 Å². The molecule has 2 rings (SSSR count). The van der Waals surface area contributed by atoms with Crippen LogP contribution in [0.15, 0.2) is 29.3 Å². The minimum atomic E-state index is 0. The van der Waals surface area contributed by atoms with Crippen LogP contribution in [-0.4, -0.2) is 25.7 Å². The second-order valence-electron chi connectivity index (χ2n) is 3.96. The first kappa shape index (κ1) is 15.6. The van der Waals surface area contributed by atoms with Gasteiger partial charge in [0.1, 0.15) is 11.8 Å². The van der Waals surface area contributed by atoms with E-state index in [-0.39, 0.29) is 30.6 Å². The van der Waals surface area contributed by atoms with E-state index in [0.29, 0.717) is 6.54 Å². The predicted octanol–water partition coefficient (Wildman–Crippen LogP) is 1.65. The summed E-state index contributed by atoms with van der Waals surface area (Å²) >= 11 is 0. The Hall–Kier alpha value is -1.49. The molecule has 0 aromatic heterocycles. The van der Waals surface area contributed by atoms with Crippen molar-refractivity contribution in [3.63, 3.8) is 0 Å². The number of halogens is 1. The van der Waals surface area contributed by atoms with Crippen molar-refractivity contribution >= 4 is 29.9 Å². The maximum Gasteiger partial charge on any atom is 0.191 e. The molecule has 0 unspecified atom stereocenters. The predicted molar refractivity (Wildman–Crippen MR) is 84.7 cm³/mol. The third-order valence-electron chi connectivity index (χ3n) is 2.56. The van der Waals surface area contributed by atoms with Gasteiger partial charge >= 0.3 is 0 Å². The minimum absolute atomic E-state index is 0. The Morgan fingerprint density at radius 3 is 3.11 bits per heavy atom. The van der Waals surface area contributed by atoms with Crippen LogP contribution in [0.3, 0.4) is 0 Å². The molecule has 0 aliphatic carbocycles. The smallest absolute Gasteiger partial charge is 0.191 e. The van der Waals surface area contributed by atoms with E-state index in [9.17, 15) is 0 Å². The van der Waals surface area contributed by atoms with Crippen molar-refractivity contribution in [2.24, 2.45) is 4.99 Å². The number of ether oxygens (including phenoxy) is 1. The van der Waals surface area contributed by atoms with Gasteiger partial charge in [0.05, 0.1) is 0 Å². The molecule has 0 radical (unpaired) electrons. The largest absolute Gasteiger partial charge is 0.479 e. The molecule has 1 aliphatic heterocycles. The summed E-state index contributed by atoms with van der Waals surface area (Å²) in [5, 5.41) is 14.9. The molecule has 5 nitrogen and oxygen atoms in total. The van der Waals surface area contributed by atoms with Crippen LogP contribution in [0, 0.1) is 11.3 Å². The molecule has 1 heterocycles. The monoisotopic (exact) mass is 372 g/mol. The fourth-order valence-corrected chi connectivity index (χ4v) is 1.70. The molecule has 1 aliphatic rings. The topological polar surface area (TPSA) is 69.4 Å². The molecule has 0 spiro atoms. The summed E-state index contributed by atoms with van der Waals surface area (Å²) in [5.74, 6) is 1.57. The summed E-state index contributed by atoms with van der Waals surface area (Å²) in [6, 6.07) is 9.65. The second-order valence-corrected chi connectivity index (χ2v) is 3.96. The highest BCUT2D eigenvalue weighted by Crippen LogP contribution is 2.12. The highest BCUT2D eigenvalue weighted by atomic mass is 127. The Bertz CT molecular complexity index is 470. The van der Waals surface area contributed by atoms with E-state index >= 15 is 0 Å². The van der Waals surface area contributed by atoms with Crippen molar-refractivity contribution in [1.82, 2.24) is 10.6 Å². The van der Waals surface area contributed by atoms with Crippen molar-refractivity contribution in [3.05, 3.63) is 29.8 Å². The summed E-state index contributed by atoms with van der Waals surface area (Å²) in [6.07, 6.45) is 1.09. The maximum absolute atomic E-state index is 8.46. The summed E-state index contributed by atoms with van der Waals surface area (Å²) in [7, 11) is 0. The number of nitriles is 1. The quantitative estimate of drug-likeness (QED) is 0.789. The zero-order chi connectivity index (χ0) is 12.6. The van der Waals surface area contributed by atoms with Gasteiger partial charge in [0.2, 0.25) is 0 Å². The standard InChI is InChI=1S/C13H16N4O.HI/c14-5-8-18-12-4-1-3-11(9-12)10-17-13-15-6-2-7-16-13;/h1,3-4,9H,2,6-8,10H2,(H2,15,16,17);1H. The molecule has 0 amide bonds. The van der Waals surface area contributed by atoms with E-state index in [0.717, 1.165) is 36.8 Å². The molecular formula is C13H17IN4O. The van der Waals surface area contributed by atoms with Gasteiger partial charge in [-0.3, -0.25) is 4.99 Å². The molecule has 102 valence electrons. The third-order valence-corrected chi connectivity index (χ3v) is 2.56. The van der Waals surface area contributed by atoms with Crippen LogP contribution < -0.4 is 15.4 Å². The van der Waals surface area contributed by atoms with Gasteiger partial charge in [-0.2, -0.15) is 5.26 Å². The first-order valence-electron chi connectivity index (χ1n) is 5.99. The van der Waals surface area contributed by atoms with E-state index in [2.05, 4.69) is 15.6 Å². The molecule has 1 aromatic rings. The zero-order valence-electron chi connectivity index (χ0n) is 10.6. The number of rotatable bonds is 4. The van der Waals surface area contributed by atoms with E-state index in [1.54, 1.807) is 0 Å². The zero-order valence-corrected chi connectivity index (χ0v) is 12.9. The molecule has 19 heavy (non-hydrogen) atoms. The van der Waals surface area contributed by atoms with Crippen LogP contribution in [0.5, 0.6) is 5.75 Å². The number of nitrogens with one attached hydrogen (secondary N) is 2. The summed E-state index contributed by atoms with van der Waals surface area (Å²) < 4.78 is 5.25. The van der Waals surface area contributed by atoms with Crippen molar-refractivity contribution in [3.8, 4) is 11.8 Å². The minimum Gasteiger partial charge on any atom is -0.479 e. The highest BCUT2D eigenvalue weighted by molar-refractivity contribution is 14.0. The van der Waals surface area contributed by atoms with Crippen LogP contribution in [0.1, 0.15) is 12.0 Å². The van der Waals surface area contributed by atoms with Gasteiger partial charge < -0.3 is 15.4 Å². The van der Waals surface area contributed by atoms with Crippen LogP contribution in [0.4, 0.5) is 0 Å². The number of hydrogen-bond acceptors (Lipinski definition) is 5. The number of hydrogen-bond donors (Lipinski definition) is 2. The van der Waals surface area contributed by atoms with Gasteiger partial charge in [0.25, 0.3) is 0 Å². The SMILES string of the molecule is I.N#CCOc1cccc(CNC2=NCCCN2)c1. The Balaban J connectivity index is 0.00000180. The van der Waals surface area contributed by atoms with Crippen molar-refractivity contribution in [1.29, 1.82) is 5.26 Å². The van der Waals surface area contributed by atoms with E-state index in [4.69, 9.17) is 10.00 Å². The lowest BCUT2D eigenvalue weighted by Gasteiger charge is -2.16. The lowest BCUT2D eigenvalue weighted by Crippen LogP contribution is -2.40. The molecule has 0 bridgehead atoms. The molecule has 1 aromatic carbocycles. The number of guanidine groups is 1. The fraction of sp³-hybridized carbons (Fsp3) is 0.385. The van der Waals surface area contributed by atoms with E-state index in [1.165, 1.54) is 0 Å². The molecule has 0 atom stereocenters. The fourth-order valence-electron chi connectivity index (χ4n) is 1.70. The molecule has 6 heteroatoms. The van der Waals surface area contributed by atoms with E-state index < -0.39 is 0 Å². The third kappa shape index (κ3) is 5.34. The van der Waals surface area contributed by atoms with Crippen LogP contribution >= 0.6 is 24.0 Å². The van der Waals surface area contributed by atoms with Crippen molar-refractivity contribution in [2.75, 3.05) is 19.7 Å². The van der Waals surface area contributed by atoms with Gasteiger partial charge in [-0.05, 0) is 24.1 Å². The van der Waals surface area contributed by atoms with Gasteiger partial charge in [0, 0.05) is 19.6 Å². The molecule has 0 fully saturated rings. The lowest BCUT2D eigenvalue weighted by molar-refractivity contribution is 0.367. The van der Waals surface area contributed by atoms with Gasteiger partial charge in [-0.1, -0.05) is 12.1 Å². The van der Waals surface area contributed by atoms with Gasteiger partial charge in [0.15, 0.2) is 12.6 Å². The summed E-state index contributed by atoms with van der Waals surface area (Å²) in [6.45, 7) is 2.61. The molecule has 0 saturated carbocycles. The molecule has 2 N–H and O–H groups in total.